The Balaban J connectivity index is 3.00. The summed E-state index contributed by atoms with van der Waals surface area (Å²) in [7, 11) is 0. The van der Waals surface area contributed by atoms with Gasteiger partial charge >= 0.3 is 0 Å². The maximum absolute atomic E-state index is 13.2. The summed E-state index contributed by atoms with van der Waals surface area (Å²) in [5.41, 5.74) is -1.95. The maximum Gasteiger partial charge on any atom is 0.253 e. The number of aliphatic hydroxyl groups is 1. The fraction of sp³-hybridized carbons (Fsp3) is 0.462. The number of nitrogens with one attached hydrogen (secondary N) is 1. The van der Waals surface area contributed by atoms with Gasteiger partial charge in [0.1, 0.15) is 5.82 Å². The summed E-state index contributed by atoms with van der Waals surface area (Å²) in [4.78, 5) is 12.0. The van der Waals surface area contributed by atoms with Gasteiger partial charge in [-0.25, -0.2) is 4.39 Å². The third-order valence-corrected chi connectivity index (χ3v) is 3.54. The number of benzene rings is 1. The zero-order valence-electron chi connectivity index (χ0n) is 10.8. The number of carbonyl (C=O) groups is 1. The monoisotopic (exact) mass is 273 g/mol. The van der Waals surface area contributed by atoms with E-state index in [2.05, 4.69) is 5.32 Å². The van der Waals surface area contributed by atoms with Gasteiger partial charge in [0.2, 0.25) is 0 Å². The molecule has 1 rings (SSSR count). The SMILES string of the molecule is CC(C)(O)C(C)(C)NC(=O)c1cccc(F)c1Cl. The largest absolute Gasteiger partial charge is 0.388 e. The number of hydrogen-bond acceptors (Lipinski definition) is 2. The summed E-state index contributed by atoms with van der Waals surface area (Å²) in [6, 6.07) is 4.02. The van der Waals surface area contributed by atoms with E-state index in [9.17, 15) is 14.3 Å². The number of halogens is 2. The van der Waals surface area contributed by atoms with E-state index in [0.717, 1.165) is 0 Å². The molecule has 0 radical (unpaired) electrons. The van der Waals surface area contributed by atoms with Crippen LogP contribution in [0.1, 0.15) is 38.1 Å². The van der Waals surface area contributed by atoms with Crippen molar-refractivity contribution in [2.75, 3.05) is 0 Å². The smallest absolute Gasteiger partial charge is 0.253 e. The Morgan fingerprint density at radius 3 is 2.39 bits per heavy atom. The molecule has 0 unspecified atom stereocenters. The summed E-state index contributed by atoms with van der Waals surface area (Å²) >= 11 is 5.73. The molecule has 0 aliphatic heterocycles. The lowest BCUT2D eigenvalue weighted by atomic mass is 9.86. The first-order valence-electron chi connectivity index (χ1n) is 5.55. The molecule has 100 valence electrons. The summed E-state index contributed by atoms with van der Waals surface area (Å²) in [6.45, 7) is 6.52. The van der Waals surface area contributed by atoms with E-state index in [4.69, 9.17) is 11.6 Å². The van der Waals surface area contributed by atoms with Gasteiger partial charge in [0.15, 0.2) is 0 Å². The van der Waals surface area contributed by atoms with Crippen molar-refractivity contribution in [2.45, 2.75) is 38.8 Å². The molecule has 0 atom stereocenters. The van der Waals surface area contributed by atoms with Gasteiger partial charge in [-0.05, 0) is 39.8 Å². The van der Waals surface area contributed by atoms with Crippen molar-refractivity contribution >= 4 is 17.5 Å². The first-order chi connectivity index (χ1) is 8.06. The van der Waals surface area contributed by atoms with Crippen molar-refractivity contribution in [3.8, 4) is 0 Å². The Morgan fingerprint density at radius 2 is 1.89 bits per heavy atom. The molecule has 1 aromatic rings. The zero-order valence-corrected chi connectivity index (χ0v) is 11.6. The van der Waals surface area contributed by atoms with Gasteiger partial charge in [0.25, 0.3) is 5.91 Å². The van der Waals surface area contributed by atoms with Gasteiger partial charge < -0.3 is 10.4 Å². The van der Waals surface area contributed by atoms with Crippen LogP contribution < -0.4 is 5.32 Å². The summed E-state index contributed by atoms with van der Waals surface area (Å²) < 4.78 is 13.2. The highest BCUT2D eigenvalue weighted by atomic mass is 35.5. The Labute approximate surface area is 111 Å². The van der Waals surface area contributed by atoms with Crippen molar-refractivity contribution in [2.24, 2.45) is 0 Å². The zero-order chi connectivity index (χ0) is 14.1. The normalized spacial score (nSPS) is 12.4. The molecule has 5 heteroatoms. The minimum Gasteiger partial charge on any atom is -0.388 e. The topological polar surface area (TPSA) is 49.3 Å². The van der Waals surface area contributed by atoms with Crippen molar-refractivity contribution in [3.63, 3.8) is 0 Å². The molecule has 0 saturated heterocycles. The third kappa shape index (κ3) is 3.00. The predicted octanol–water partition coefficient (Wildman–Crippen LogP) is 2.76. The highest BCUT2D eigenvalue weighted by Crippen LogP contribution is 2.24. The van der Waals surface area contributed by atoms with E-state index in [1.807, 2.05) is 0 Å². The standard InChI is InChI=1S/C13H17ClFNO2/c1-12(2,13(3,4)18)16-11(17)8-6-5-7-9(15)10(8)14/h5-7,18H,1-4H3,(H,16,17). The van der Waals surface area contributed by atoms with Gasteiger partial charge in [-0.2, -0.15) is 0 Å². The van der Waals surface area contributed by atoms with Crippen LogP contribution in [-0.2, 0) is 0 Å². The van der Waals surface area contributed by atoms with Crippen LogP contribution >= 0.6 is 11.6 Å². The van der Waals surface area contributed by atoms with E-state index >= 15 is 0 Å². The summed E-state index contributed by atoms with van der Waals surface area (Å²) in [5.74, 6) is -1.17. The van der Waals surface area contributed by atoms with Crippen molar-refractivity contribution in [3.05, 3.63) is 34.6 Å². The second kappa shape index (κ2) is 4.86. The van der Waals surface area contributed by atoms with Crippen LogP contribution in [0.5, 0.6) is 0 Å². The first kappa shape index (κ1) is 14.9. The molecule has 0 aliphatic carbocycles. The third-order valence-electron chi connectivity index (χ3n) is 3.15. The molecule has 18 heavy (non-hydrogen) atoms. The molecule has 1 aromatic carbocycles. The molecular weight excluding hydrogens is 257 g/mol. The summed E-state index contributed by atoms with van der Waals surface area (Å²) in [6.07, 6.45) is 0. The molecule has 1 amide bonds. The number of carbonyl (C=O) groups excluding carboxylic acids is 1. The molecule has 2 N–H and O–H groups in total. The summed E-state index contributed by atoms with van der Waals surface area (Å²) in [5, 5.41) is 12.4. The Bertz CT molecular complexity index is 467. The second-order valence-corrected chi connectivity index (χ2v) is 5.62. The quantitative estimate of drug-likeness (QED) is 0.890. The lowest BCUT2D eigenvalue weighted by molar-refractivity contribution is -0.00293. The van der Waals surface area contributed by atoms with Crippen LogP contribution in [0, 0.1) is 5.82 Å². The average molecular weight is 274 g/mol. The van der Waals surface area contributed by atoms with Crippen LogP contribution in [0.15, 0.2) is 18.2 Å². The number of hydrogen-bond donors (Lipinski definition) is 2. The maximum atomic E-state index is 13.2. The highest BCUT2D eigenvalue weighted by Gasteiger charge is 2.36. The van der Waals surface area contributed by atoms with Crippen LogP contribution in [-0.4, -0.2) is 22.2 Å². The fourth-order valence-electron chi connectivity index (χ4n) is 1.18. The molecule has 0 spiro atoms. The molecule has 0 aromatic heterocycles. The van der Waals surface area contributed by atoms with Gasteiger partial charge in [0.05, 0.1) is 21.7 Å². The molecule has 0 bridgehead atoms. The van der Waals surface area contributed by atoms with Gasteiger partial charge in [-0.1, -0.05) is 17.7 Å². The van der Waals surface area contributed by atoms with Crippen LogP contribution in [0.3, 0.4) is 0 Å². The minimum atomic E-state index is -1.12. The predicted molar refractivity (Wildman–Crippen MR) is 69.3 cm³/mol. The lowest BCUT2D eigenvalue weighted by Gasteiger charge is -2.38. The molecule has 0 saturated carbocycles. The van der Waals surface area contributed by atoms with Gasteiger partial charge in [-0.3, -0.25) is 4.79 Å². The van der Waals surface area contributed by atoms with E-state index < -0.39 is 22.9 Å². The molecule has 3 nitrogen and oxygen atoms in total. The average Bonchev–Trinajstić information content (AvgIpc) is 2.19. The molecule has 0 aliphatic rings. The first-order valence-corrected chi connectivity index (χ1v) is 5.93. The van der Waals surface area contributed by atoms with Gasteiger partial charge in [0, 0.05) is 0 Å². The van der Waals surface area contributed by atoms with E-state index in [1.54, 1.807) is 27.7 Å². The minimum absolute atomic E-state index is 0.0500. The molecule has 0 fully saturated rings. The van der Waals surface area contributed by atoms with Crippen LogP contribution in [0.25, 0.3) is 0 Å². The molecule has 0 heterocycles. The number of rotatable bonds is 3. The lowest BCUT2D eigenvalue weighted by Crippen LogP contribution is -2.57. The number of amides is 1. The Kier molecular flexibility index (Phi) is 4.03. The second-order valence-electron chi connectivity index (χ2n) is 5.24. The highest BCUT2D eigenvalue weighted by molar-refractivity contribution is 6.34. The van der Waals surface area contributed by atoms with Crippen LogP contribution in [0.4, 0.5) is 4.39 Å². The van der Waals surface area contributed by atoms with Crippen molar-refractivity contribution in [1.82, 2.24) is 5.32 Å². The van der Waals surface area contributed by atoms with Crippen LogP contribution in [0.2, 0.25) is 5.02 Å². The Morgan fingerprint density at radius 1 is 1.33 bits per heavy atom. The van der Waals surface area contributed by atoms with E-state index in [1.165, 1.54) is 18.2 Å². The fourth-order valence-corrected chi connectivity index (χ4v) is 1.40. The van der Waals surface area contributed by atoms with Crippen molar-refractivity contribution < 1.29 is 14.3 Å². The van der Waals surface area contributed by atoms with E-state index in [0.29, 0.717) is 0 Å². The van der Waals surface area contributed by atoms with E-state index in [-0.39, 0.29) is 10.6 Å². The Hall–Kier alpha value is -1.13. The molecular formula is C13H17ClFNO2. The van der Waals surface area contributed by atoms with Gasteiger partial charge in [-0.15, -0.1) is 0 Å². The van der Waals surface area contributed by atoms with Crippen molar-refractivity contribution in [1.29, 1.82) is 0 Å².